The summed E-state index contributed by atoms with van der Waals surface area (Å²) in [6.07, 6.45) is -1.09. The van der Waals surface area contributed by atoms with Gasteiger partial charge in [0.15, 0.2) is 6.10 Å². The molecule has 0 spiro atoms. The molecule has 0 aliphatic carbocycles. The van der Waals surface area contributed by atoms with Crippen LogP contribution >= 0.6 is 23.2 Å². The highest BCUT2D eigenvalue weighted by atomic mass is 35.5. The first-order chi connectivity index (χ1) is 12.7. The summed E-state index contributed by atoms with van der Waals surface area (Å²) in [7, 11) is 0. The molecule has 2 heterocycles. The molecule has 140 valence electrons. The average molecular weight is 408 g/mol. The van der Waals surface area contributed by atoms with Gasteiger partial charge < -0.3 is 10.1 Å². The third kappa shape index (κ3) is 4.17. The monoisotopic (exact) mass is 407 g/mol. The maximum Gasteiger partial charge on any atom is 0.379 e. The summed E-state index contributed by atoms with van der Waals surface area (Å²) in [6.45, 7) is 5.06. The van der Waals surface area contributed by atoms with Gasteiger partial charge in [-0.1, -0.05) is 23.2 Å². The van der Waals surface area contributed by atoms with E-state index in [0.29, 0.717) is 10.7 Å². The van der Waals surface area contributed by atoms with E-state index in [4.69, 9.17) is 27.9 Å². The highest BCUT2D eigenvalue weighted by molar-refractivity contribution is 6.36. The van der Waals surface area contributed by atoms with Gasteiger partial charge in [0, 0.05) is 16.4 Å². The van der Waals surface area contributed by atoms with Crippen molar-refractivity contribution in [2.24, 2.45) is 0 Å². The van der Waals surface area contributed by atoms with Gasteiger partial charge in [-0.05, 0) is 45.0 Å². The van der Waals surface area contributed by atoms with E-state index in [-0.39, 0.29) is 16.6 Å². The lowest BCUT2D eigenvalue weighted by Crippen LogP contribution is -2.30. The second-order valence-corrected chi connectivity index (χ2v) is 6.69. The van der Waals surface area contributed by atoms with Crippen molar-refractivity contribution in [3.05, 3.63) is 51.5 Å². The van der Waals surface area contributed by atoms with Crippen LogP contribution < -0.4 is 5.32 Å². The fourth-order valence-corrected chi connectivity index (χ4v) is 2.80. The number of amides is 1. The molecule has 27 heavy (non-hydrogen) atoms. The molecule has 1 atom stereocenters. The van der Waals surface area contributed by atoms with Crippen molar-refractivity contribution in [2.45, 2.75) is 26.9 Å². The number of nitrogens with one attached hydrogen (secondary N) is 1. The highest BCUT2D eigenvalue weighted by Crippen LogP contribution is 2.25. The molecular weight excluding hydrogens is 393 g/mol. The Morgan fingerprint density at radius 1 is 1.19 bits per heavy atom. The predicted molar refractivity (Wildman–Crippen MR) is 100 cm³/mol. The van der Waals surface area contributed by atoms with Crippen LogP contribution in [0.4, 0.5) is 5.69 Å². The highest BCUT2D eigenvalue weighted by Gasteiger charge is 2.23. The summed E-state index contributed by atoms with van der Waals surface area (Å²) in [6, 6.07) is 6.44. The van der Waals surface area contributed by atoms with E-state index in [0.717, 1.165) is 11.4 Å². The van der Waals surface area contributed by atoms with E-state index >= 15 is 0 Å². The fourth-order valence-electron chi connectivity index (χ4n) is 2.34. The number of aryl methyl sites for hydroxylation is 2. The molecule has 10 heteroatoms. The number of esters is 1. The molecule has 0 saturated heterocycles. The van der Waals surface area contributed by atoms with Gasteiger partial charge in [0.05, 0.1) is 10.7 Å². The summed E-state index contributed by atoms with van der Waals surface area (Å²) in [5, 5.41) is 7.36. The first-order valence-electron chi connectivity index (χ1n) is 7.92. The lowest BCUT2D eigenvalue weighted by Gasteiger charge is -2.13. The minimum atomic E-state index is -1.09. The second kappa shape index (κ2) is 7.50. The van der Waals surface area contributed by atoms with E-state index in [1.807, 2.05) is 19.9 Å². The smallest absolute Gasteiger partial charge is 0.379 e. The van der Waals surface area contributed by atoms with Crippen LogP contribution in [0.1, 0.15) is 28.9 Å². The molecule has 1 aromatic carbocycles. The molecule has 1 N–H and O–H groups in total. The van der Waals surface area contributed by atoms with Gasteiger partial charge in [-0.2, -0.15) is 4.98 Å². The number of rotatable bonds is 4. The Balaban J connectivity index is 1.71. The number of halogens is 2. The molecule has 0 saturated carbocycles. The SMILES string of the molecule is Cc1cc(C)n2nc(C(=O)O[C@H](C)C(=O)Nc3ccc(Cl)cc3Cl)nc2n1. The molecule has 0 radical (unpaired) electrons. The number of carbonyl (C=O) groups is 2. The maximum absolute atomic E-state index is 12.3. The van der Waals surface area contributed by atoms with Crippen molar-refractivity contribution in [3.63, 3.8) is 0 Å². The summed E-state index contributed by atoms with van der Waals surface area (Å²) >= 11 is 11.8. The Morgan fingerprint density at radius 2 is 1.93 bits per heavy atom. The van der Waals surface area contributed by atoms with E-state index < -0.39 is 18.0 Å². The summed E-state index contributed by atoms with van der Waals surface area (Å²) < 4.78 is 6.58. The van der Waals surface area contributed by atoms with Gasteiger partial charge in [0.25, 0.3) is 17.5 Å². The van der Waals surface area contributed by atoms with Gasteiger partial charge in [-0.3, -0.25) is 4.79 Å². The normalized spacial score (nSPS) is 12.0. The number of carbonyl (C=O) groups excluding carboxylic acids is 2. The number of nitrogens with zero attached hydrogens (tertiary/aromatic N) is 4. The number of aromatic nitrogens is 4. The zero-order valence-electron chi connectivity index (χ0n) is 14.7. The van der Waals surface area contributed by atoms with Gasteiger partial charge >= 0.3 is 5.97 Å². The second-order valence-electron chi connectivity index (χ2n) is 5.85. The van der Waals surface area contributed by atoms with Crippen LogP contribution in [-0.4, -0.2) is 37.6 Å². The number of benzene rings is 1. The number of ether oxygens (including phenoxy) is 1. The predicted octanol–water partition coefficient (Wildman–Crippen LogP) is 3.23. The molecule has 0 unspecified atom stereocenters. The molecule has 2 aromatic heterocycles. The Morgan fingerprint density at radius 3 is 2.63 bits per heavy atom. The molecule has 0 aliphatic rings. The van der Waals surface area contributed by atoms with E-state index in [1.165, 1.54) is 17.5 Å². The Kier molecular flexibility index (Phi) is 5.29. The van der Waals surface area contributed by atoms with Crippen LogP contribution in [0, 0.1) is 13.8 Å². The van der Waals surface area contributed by atoms with Crippen molar-refractivity contribution in [1.82, 2.24) is 19.6 Å². The number of hydrogen-bond donors (Lipinski definition) is 1. The topological polar surface area (TPSA) is 98.5 Å². The standard InChI is InChI=1S/C17H15Cl2N5O3/c1-8-6-9(2)24-17(20-8)22-14(23-24)16(26)27-10(3)15(25)21-13-5-4-11(18)7-12(13)19/h4-7,10H,1-3H3,(H,21,25)/t10-/m1/s1. The molecule has 8 nitrogen and oxygen atoms in total. The first kappa shape index (κ1) is 19.1. The fraction of sp³-hybridized carbons (Fsp3) is 0.235. The Hall–Kier alpha value is -2.71. The largest absolute Gasteiger partial charge is 0.447 e. The van der Waals surface area contributed by atoms with Crippen LogP contribution in [0.3, 0.4) is 0 Å². The minimum Gasteiger partial charge on any atom is -0.447 e. The maximum atomic E-state index is 12.3. The lowest BCUT2D eigenvalue weighted by atomic mass is 10.3. The third-order valence-corrected chi connectivity index (χ3v) is 4.19. The zero-order chi connectivity index (χ0) is 19.7. The first-order valence-corrected chi connectivity index (χ1v) is 8.68. The summed E-state index contributed by atoms with van der Waals surface area (Å²) in [5.41, 5.74) is 1.88. The Bertz CT molecular complexity index is 1050. The molecule has 1 amide bonds. The lowest BCUT2D eigenvalue weighted by molar-refractivity contribution is -0.123. The molecular formula is C17H15Cl2N5O3. The average Bonchev–Trinajstić information content (AvgIpc) is 3.01. The van der Waals surface area contributed by atoms with E-state index in [2.05, 4.69) is 20.4 Å². The van der Waals surface area contributed by atoms with Gasteiger partial charge in [-0.25, -0.2) is 14.3 Å². The zero-order valence-corrected chi connectivity index (χ0v) is 16.2. The van der Waals surface area contributed by atoms with Crippen molar-refractivity contribution in [1.29, 1.82) is 0 Å². The van der Waals surface area contributed by atoms with E-state index in [9.17, 15) is 9.59 Å². The van der Waals surface area contributed by atoms with Crippen molar-refractivity contribution >= 4 is 46.5 Å². The van der Waals surface area contributed by atoms with Crippen LogP contribution in [-0.2, 0) is 9.53 Å². The molecule has 0 fully saturated rings. The van der Waals surface area contributed by atoms with Crippen LogP contribution in [0.15, 0.2) is 24.3 Å². The van der Waals surface area contributed by atoms with Gasteiger partial charge in [-0.15, -0.1) is 5.10 Å². The number of hydrogen-bond acceptors (Lipinski definition) is 6. The molecule has 3 aromatic rings. The van der Waals surface area contributed by atoms with Crippen molar-refractivity contribution in [3.8, 4) is 0 Å². The summed E-state index contributed by atoms with van der Waals surface area (Å²) in [4.78, 5) is 32.8. The van der Waals surface area contributed by atoms with Crippen molar-refractivity contribution in [2.75, 3.05) is 5.32 Å². The van der Waals surface area contributed by atoms with Crippen LogP contribution in [0.5, 0.6) is 0 Å². The van der Waals surface area contributed by atoms with Crippen LogP contribution in [0.25, 0.3) is 5.78 Å². The molecule has 0 aliphatic heterocycles. The number of anilines is 1. The number of fused-ring (bicyclic) bond motifs is 1. The third-order valence-electron chi connectivity index (χ3n) is 3.64. The van der Waals surface area contributed by atoms with E-state index in [1.54, 1.807) is 12.1 Å². The van der Waals surface area contributed by atoms with Gasteiger partial charge in [0.1, 0.15) is 0 Å². The van der Waals surface area contributed by atoms with Crippen molar-refractivity contribution < 1.29 is 14.3 Å². The molecule has 0 bridgehead atoms. The van der Waals surface area contributed by atoms with Crippen LogP contribution in [0.2, 0.25) is 10.0 Å². The Labute approximate surface area is 164 Å². The minimum absolute atomic E-state index is 0.180. The quantitative estimate of drug-likeness (QED) is 0.666. The summed E-state index contributed by atoms with van der Waals surface area (Å²) in [5.74, 6) is -1.28. The molecule has 3 rings (SSSR count). The van der Waals surface area contributed by atoms with Gasteiger partial charge in [0.2, 0.25) is 0 Å².